The van der Waals surface area contributed by atoms with Crippen LogP contribution in [0.2, 0.25) is 0 Å². The number of phenols is 1. The summed E-state index contributed by atoms with van der Waals surface area (Å²) in [5.74, 6) is 0.415. The van der Waals surface area contributed by atoms with Gasteiger partial charge >= 0.3 is 0 Å². The van der Waals surface area contributed by atoms with E-state index >= 15 is 0 Å². The smallest absolute Gasteiger partial charge is 0.118 e. The first-order valence-corrected chi connectivity index (χ1v) is 6.20. The molecule has 1 saturated heterocycles. The van der Waals surface area contributed by atoms with Gasteiger partial charge in [-0.05, 0) is 62.4 Å². The zero-order chi connectivity index (χ0) is 11.5. The summed E-state index contributed by atoms with van der Waals surface area (Å²) in [5, 5.41) is 13.2. The first-order chi connectivity index (χ1) is 7.68. The fourth-order valence-corrected chi connectivity index (χ4v) is 2.45. The van der Waals surface area contributed by atoms with E-state index in [1.54, 1.807) is 0 Å². The molecule has 1 aliphatic heterocycles. The second-order valence-electron chi connectivity index (χ2n) is 4.84. The summed E-state index contributed by atoms with van der Waals surface area (Å²) in [7, 11) is 0. The Bertz CT molecular complexity index is 367. The molecule has 2 heteroatoms. The maximum atomic E-state index is 9.61. The molecule has 1 aromatic rings. The van der Waals surface area contributed by atoms with Crippen molar-refractivity contribution in [3.8, 4) is 5.75 Å². The Hall–Kier alpha value is -1.02. The Balaban J connectivity index is 2.11. The van der Waals surface area contributed by atoms with Crippen LogP contribution in [0.4, 0.5) is 0 Å². The quantitative estimate of drug-likeness (QED) is 0.801. The third-order valence-electron chi connectivity index (χ3n) is 3.75. The Kier molecular flexibility index (Phi) is 3.49. The second kappa shape index (κ2) is 4.88. The molecule has 0 aliphatic carbocycles. The average molecular weight is 219 g/mol. The highest BCUT2D eigenvalue weighted by atomic mass is 16.3. The van der Waals surface area contributed by atoms with Gasteiger partial charge < -0.3 is 10.4 Å². The van der Waals surface area contributed by atoms with E-state index in [-0.39, 0.29) is 0 Å². The van der Waals surface area contributed by atoms with Gasteiger partial charge in [0.2, 0.25) is 0 Å². The molecule has 1 heterocycles. The molecule has 1 aromatic carbocycles. The fourth-order valence-electron chi connectivity index (χ4n) is 2.45. The van der Waals surface area contributed by atoms with Crippen molar-refractivity contribution in [2.75, 3.05) is 6.54 Å². The van der Waals surface area contributed by atoms with Crippen LogP contribution in [0.5, 0.6) is 5.75 Å². The number of hydrogen-bond donors (Lipinski definition) is 2. The lowest BCUT2D eigenvalue weighted by Gasteiger charge is -2.24. The first-order valence-electron chi connectivity index (χ1n) is 6.20. The number of aromatic hydroxyl groups is 1. The lowest BCUT2D eigenvalue weighted by molar-refractivity contribution is 0.398. The number of phenolic OH excluding ortho intramolecular Hbond substituents is 1. The monoisotopic (exact) mass is 219 g/mol. The number of rotatable bonds is 2. The van der Waals surface area contributed by atoms with Gasteiger partial charge in [-0.3, -0.25) is 0 Å². The largest absolute Gasteiger partial charge is 0.508 e. The molecule has 0 spiro atoms. The lowest BCUT2D eigenvalue weighted by Crippen LogP contribution is -2.35. The van der Waals surface area contributed by atoms with Crippen molar-refractivity contribution in [3.05, 3.63) is 28.8 Å². The molecule has 1 aliphatic rings. The van der Waals surface area contributed by atoms with Crippen molar-refractivity contribution >= 4 is 0 Å². The molecule has 0 saturated carbocycles. The second-order valence-corrected chi connectivity index (χ2v) is 4.84. The minimum Gasteiger partial charge on any atom is -0.508 e. The summed E-state index contributed by atoms with van der Waals surface area (Å²) in [6, 6.07) is 4.51. The molecular weight excluding hydrogens is 198 g/mol. The van der Waals surface area contributed by atoms with Crippen LogP contribution < -0.4 is 5.32 Å². The summed E-state index contributed by atoms with van der Waals surface area (Å²) >= 11 is 0. The molecule has 2 rings (SSSR count). The summed E-state index contributed by atoms with van der Waals surface area (Å²) < 4.78 is 0. The topological polar surface area (TPSA) is 32.3 Å². The summed E-state index contributed by atoms with van der Waals surface area (Å²) in [4.78, 5) is 0. The third kappa shape index (κ3) is 2.38. The minimum absolute atomic E-state index is 0.415. The van der Waals surface area contributed by atoms with Gasteiger partial charge in [-0.1, -0.05) is 12.5 Å². The van der Waals surface area contributed by atoms with Gasteiger partial charge in [0, 0.05) is 6.04 Å². The number of hydrogen-bond acceptors (Lipinski definition) is 2. The molecule has 0 amide bonds. The predicted octanol–water partition coefficient (Wildman–Crippen LogP) is 2.69. The summed E-state index contributed by atoms with van der Waals surface area (Å²) in [6.07, 6.45) is 5.02. The van der Waals surface area contributed by atoms with Gasteiger partial charge in [0.1, 0.15) is 5.75 Å². The average Bonchev–Trinajstić information content (AvgIpc) is 2.31. The number of benzene rings is 1. The molecule has 0 aromatic heterocycles. The molecular formula is C14H21NO. The number of piperidine rings is 1. The third-order valence-corrected chi connectivity index (χ3v) is 3.75. The van der Waals surface area contributed by atoms with Gasteiger partial charge in [0.05, 0.1) is 0 Å². The van der Waals surface area contributed by atoms with Crippen LogP contribution in [-0.4, -0.2) is 17.7 Å². The van der Waals surface area contributed by atoms with E-state index in [1.165, 1.54) is 30.4 Å². The first kappa shape index (κ1) is 11.5. The predicted molar refractivity (Wildman–Crippen MR) is 66.9 cm³/mol. The molecule has 88 valence electrons. The Morgan fingerprint density at radius 1 is 1.25 bits per heavy atom. The molecule has 2 N–H and O–H groups in total. The van der Waals surface area contributed by atoms with Crippen LogP contribution in [0.1, 0.15) is 36.0 Å². The van der Waals surface area contributed by atoms with E-state index in [1.807, 2.05) is 13.0 Å². The van der Waals surface area contributed by atoms with Crippen LogP contribution in [0.15, 0.2) is 12.1 Å². The zero-order valence-electron chi connectivity index (χ0n) is 10.2. The van der Waals surface area contributed by atoms with E-state index in [9.17, 15) is 5.11 Å². The standard InChI is InChI=1S/C14H21NO/c1-10-11(2)14(16)7-6-12(10)9-13-5-3-4-8-15-13/h6-7,13,15-16H,3-5,8-9H2,1-2H3. The summed E-state index contributed by atoms with van der Waals surface area (Å²) in [6.45, 7) is 5.25. The fraction of sp³-hybridized carbons (Fsp3) is 0.571. The van der Waals surface area contributed by atoms with Gasteiger partial charge in [0.25, 0.3) is 0 Å². The van der Waals surface area contributed by atoms with Gasteiger partial charge in [-0.15, -0.1) is 0 Å². The van der Waals surface area contributed by atoms with Gasteiger partial charge in [-0.25, -0.2) is 0 Å². The van der Waals surface area contributed by atoms with Gasteiger partial charge in [0.15, 0.2) is 0 Å². The Morgan fingerprint density at radius 2 is 2.06 bits per heavy atom. The molecule has 1 fully saturated rings. The lowest BCUT2D eigenvalue weighted by atomic mass is 9.93. The maximum Gasteiger partial charge on any atom is 0.118 e. The highest BCUT2D eigenvalue weighted by Crippen LogP contribution is 2.24. The van der Waals surface area contributed by atoms with Crippen molar-refractivity contribution in [1.82, 2.24) is 5.32 Å². The minimum atomic E-state index is 0.415. The number of nitrogens with one attached hydrogen (secondary N) is 1. The van der Waals surface area contributed by atoms with Crippen molar-refractivity contribution in [2.45, 2.75) is 45.6 Å². The molecule has 0 radical (unpaired) electrons. The van der Waals surface area contributed by atoms with Crippen LogP contribution in [0.3, 0.4) is 0 Å². The van der Waals surface area contributed by atoms with E-state index in [0.717, 1.165) is 18.5 Å². The van der Waals surface area contributed by atoms with E-state index < -0.39 is 0 Å². The summed E-state index contributed by atoms with van der Waals surface area (Å²) in [5.41, 5.74) is 3.63. The van der Waals surface area contributed by atoms with Crippen LogP contribution in [0.25, 0.3) is 0 Å². The molecule has 1 atom stereocenters. The van der Waals surface area contributed by atoms with Crippen LogP contribution in [-0.2, 0) is 6.42 Å². The van der Waals surface area contributed by atoms with Crippen LogP contribution >= 0.6 is 0 Å². The Morgan fingerprint density at radius 3 is 2.75 bits per heavy atom. The molecule has 16 heavy (non-hydrogen) atoms. The molecule has 0 bridgehead atoms. The Labute approximate surface area is 97.7 Å². The molecule has 2 nitrogen and oxygen atoms in total. The van der Waals surface area contributed by atoms with E-state index in [2.05, 4.69) is 18.3 Å². The zero-order valence-corrected chi connectivity index (χ0v) is 10.2. The highest BCUT2D eigenvalue weighted by Gasteiger charge is 2.15. The van der Waals surface area contributed by atoms with E-state index in [0.29, 0.717) is 11.8 Å². The van der Waals surface area contributed by atoms with Crippen molar-refractivity contribution in [2.24, 2.45) is 0 Å². The van der Waals surface area contributed by atoms with Gasteiger partial charge in [-0.2, -0.15) is 0 Å². The van der Waals surface area contributed by atoms with Crippen molar-refractivity contribution in [3.63, 3.8) is 0 Å². The molecule has 1 unspecified atom stereocenters. The normalized spacial score (nSPS) is 21.0. The van der Waals surface area contributed by atoms with E-state index in [4.69, 9.17) is 0 Å². The SMILES string of the molecule is Cc1c(O)ccc(CC2CCCCN2)c1C. The highest BCUT2D eigenvalue weighted by molar-refractivity contribution is 5.42. The van der Waals surface area contributed by atoms with Crippen molar-refractivity contribution in [1.29, 1.82) is 0 Å². The van der Waals surface area contributed by atoms with Crippen LogP contribution in [0, 0.1) is 13.8 Å². The van der Waals surface area contributed by atoms with Crippen molar-refractivity contribution < 1.29 is 5.11 Å². The maximum absolute atomic E-state index is 9.61.